The van der Waals surface area contributed by atoms with Gasteiger partial charge in [-0.2, -0.15) is 0 Å². The Bertz CT molecular complexity index is 722. The summed E-state index contributed by atoms with van der Waals surface area (Å²) in [5, 5.41) is 15.5. The number of ether oxygens (including phenoxy) is 1. The Morgan fingerprint density at radius 3 is 2.48 bits per heavy atom. The first kappa shape index (κ1) is 16.7. The van der Waals surface area contributed by atoms with E-state index in [0.717, 1.165) is 10.8 Å². The maximum absolute atomic E-state index is 11.9. The highest BCUT2D eigenvalue weighted by Crippen LogP contribution is 2.21. The summed E-state index contributed by atoms with van der Waals surface area (Å²) in [6.07, 6.45) is -0.669. The summed E-state index contributed by atoms with van der Waals surface area (Å²) in [4.78, 5) is 22.4. The Balaban J connectivity index is 2.25. The second-order valence-electron chi connectivity index (χ2n) is 6.32. The summed E-state index contributed by atoms with van der Waals surface area (Å²) in [5.74, 6) is 0. The number of alkyl carbamates (subject to hydrolysis) is 1. The first-order valence-electron chi connectivity index (χ1n) is 7.34. The number of nitro groups is 1. The van der Waals surface area contributed by atoms with Gasteiger partial charge >= 0.3 is 6.09 Å². The van der Waals surface area contributed by atoms with Crippen LogP contribution in [0, 0.1) is 10.1 Å². The molecular formula is C17H20N2O4. The molecule has 0 fully saturated rings. The summed E-state index contributed by atoms with van der Waals surface area (Å²) >= 11 is 0. The molecule has 2 aromatic carbocycles. The predicted molar refractivity (Wildman–Crippen MR) is 87.9 cm³/mol. The molecule has 6 heteroatoms. The molecule has 0 radical (unpaired) electrons. The van der Waals surface area contributed by atoms with Gasteiger partial charge in [-0.15, -0.1) is 0 Å². The van der Waals surface area contributed by atoms with Crippen LogP contribution in [0.1, 0.15) is 32.4 Å². The van der Waals surface area contributed by atoms with Gasteiger partial charge in [0.1, 0.15) is 11.6 Å². The van der Waals surface area contributed by atoms with Crippen molar-refractivity contribution in [3.05, 3.63) is 58.1 Å². The van der Waals surface area contributed by atoms with Gasteiger partial charge in [-0.05, 0) is 43.2 Å². The summed E-state index contributed by atoms with van der Waals surface area (Å²) in [6, 6.07) is 12.5. The molecule has 0 aliphatic carbocycles. The van der Waals surface area contributed by atoms with Crippen molar-refractivity contribution >= 4 is 16.9 Å². The second-order valence-corrected chi connectivity index (χ2v) is 6.32. The lowest BCUT2D eigenvalue weighted by atomic mass is 10.0. The van der Waals surface area contributed by atoms with Crippen LogP contribution in [0.2, 0.25) is 0 Å². The van der Waals surface area contributed by atoms with Crippen LogP contribution >= 0.6 is 0 Å². The molecule has 1 N–H and O–H groups in total. The minimum Gasteiger partial charge on any atom is -0.444 e. The van der Waals surface area contributed by atoms with E-state index in [-0.39, 0.29) is 0 Å². The molecule has 122 valence electrons. The third-order valence-corrected chi connectivity index (χ3v) is 3.20. The minimum atomic E-state index is -0.746. The van der Waals surface area contributed by atoms with Crippen molar-refractivity contribution in [3.63, 3.8) is 0 Å². The second kappa shape index (κ2) is 6.64. The van der Waals surface area contributed by atoms with E-state index in [9.17, 15) is 14.9 Å². The zero-order chi connectivity index (χ0) is 17.0. The molecule has 6 nitrogen and oxygen atoms in total. The number of hydrogen-bond acceptors (Lipinski definition) is 4. The molecule has 1 atom stereocenters. The zero-order valence-electron chi connectivity index (χ0n) is 13.4. The van der Waals surface area contributed by atoms with E-state index < -0.39 is 29.2 Å². The summed E-state index contributed by atoms with van der Waals surface area (Å²) in [7, 11) is 0. The van der Waals surface area contributed by atoms with Crippen molar-refractivity contribution in [2.24, 2.45) is 0 Å². The van der Waals surface area contributed by atoms with Crippen molar-refractivity contribution in [3.8, 4) is 0 Å². The SMILES string of the molecule is CC(C)(C)OC(=O)N[C@@H](C[N+](=O)[O-])c1ccc2ccccc2c1. The number of hydrogen-bond donors (Lipinski definition) is 1. The smallest absolute Gasteiger partial charge is 0.408 e. The fraction of sp³-hybridized carbons (Fsp3) is 0.353. The van der Waals surface area contributed by atoms with Crippen LogP contribution in [0.4, 0.5) is 4.79 Å². The van der Waals surface area contributed by atoms with Gasteiger partial charge in [0.2, 0.25) is 6.54 Å². The Morgan fingerprint density at radius 2 is 1.87 bits per heavy atom. The highest BCUT2D eigenvalue weighted by Gasteiger charge is 2.24. The van der Waals surface area contributed by atoms with Gasteiger partial charge in [-0.1, -0.05) is 36.4 Å². The van der Waals surface area contributed by atoms with Gasteiger partial charge < -0.3 is 10.1 Å². The molecule has 23 heavy (non-hydrogen) atoms. The van der Waals surface area contributed by atoms with E-state index in [4.69, 9.17) is 4.74 Å². The van der Waals surface area contributed by atoms with Crippen molar-refractivity contribution < 1.29 is 14.5 Å². The van der Waals surface area contributed by atoms with Gasteiger partial charge in [0.05, 0.1) is 0 Å². The van der Waals surface area contributed by atoms with E-state index in [0.29, 0.717) is 5.56 Å². The molecular weight excluding hydrogens is 296 g/mol. The van der Waals surface area contributed by atoms with Gasteiger partial charge in [0.25, 0.3) is 0 Å². The van der Waals surface area contributed by atoms with Crippen LogP contribution in [0.25, 0.3) is 10.8 Å². The van der Waals surface area contributed by atoms with Gasteiger partial charge in [0, 0.05) is 4.92 Å². The van der Waals surface area contributed by atoms with Crippen LogP contribution in [0.5, 0.6) is 0 Å². The number of fused-ring (bicyclic) bond motifs is 1. The molecule has 0 bridgehead atoms. The Hall–Kier alpha value is -2.63. The zero-order valence-corrected chi connectivity index (χ0v) is 13.4. The molecule has 0 aliphatic heterocycles. The Kier molecular flexibility index (Phi) is 4.83. The lowest BCUT2D eigenvalue weighted by Gasteiger charge is -2.22. The predicted octanol–water partition coefficient (Wildman–Crippen LogP) is 3.68. The lowest BCUT2D eigenvalue weighted by molar-refractivity contribution is -0.484. The van der Waals surface area contributed by atoms with Crippen molar-refractivity contribution in [1.29, 1.82) is 0 Å². The van der Waals surface area contributed by atoms with Crippen LogP contribution in [0.15, 0.2) is 42.5 Å². The maximum atomic E-state index is 11.9. The fourth-order valence-corrected chi connectivity index (χ4v) is 2.26. The van der Waals surface area contributed by atoms with E-state index in [1.807, 2.05) is 36.4 Å². The molecule has 0 aliphatic rings. The third-order valence-electron chi connectivity index (χ3n) is 3.20. The van der Waals surface area contributed by atoms with E-state index in [2.05, 4.69) is 5.32 Å². The highest BCUT2D eigenvalue weighted by molar-refractivity contribution is 5.83. The van der Waals surface area contributed by atoms with Crippen LogP contribution < -0.4 is 5.32 Å². The highest BCUT2D eigenvalue weighted by atomic mass is 16.6. The van der Waals surface area contributed by atoms with E-state index >= 15 is 0 Å². The Labute approximate surface area is 134 Å². The molecule has 2 rings (SSSR count). The molecule has 0 aromatic heterocycles. The average molecular weight is 316 g/mol. The molecule has 2 aromatic rings. The molecule has 0 unspecified atom stereocenters. The number of amides is 1. The number of carbonyl (C=O) groups is 1. The standard InChI is InChI=1S/C17H20N2O4/c1-17(2,3)23-16(20)18-15(11-19(21)22)14-9-8-12-6-4-5-7-13(12)10-14/h4-10,15H,11H2,1-3H3,(H,18,20)/t15-/m0/s1. The number of nitrogens with zero attached hydrogens (tertiary/aromatic N) is 1. The maximum Gasteiger partial charge on any atom is 0.408 e. The van der Waals surface area contributed by atoms with Gasteiger partial charge in [0.15, 0.2) is 0 Å². The summed E-state index contributed by atoms with van der Waals surface area (Å²) in [6.45, 7) is 4.82. The van der Waals surface area contributed by atoms with Crippen LogP contribution in [-0.4, -0.2) is 23.2 Å². The molecule has 0 saturated heterocycles. The van der Waals surface area contributed by atoms with E-state index in [1.54, 1.807) is 26.8 Å². The summed E-state index contributed by atoms with van der Waals surface area (Å²) < 4.78 is 5.19. The van der Waals surface area contributed by atoms with Gasteiger partial charge in [-0.3, -0.25) is 10.1 Å². The third kappa shape index (κ3) is 4.95. The van der Waals surface area contributed by atoms with Crippen molar-refractivity contribution in [2.45, 2.75) is 32.4 Å². The normalized spacial score (nSPS) is 12.7. The first-order chi connectivity index (χ1) is 10.7. The quantitative estimate of drug-likeness (QED) is 0.689. The fourth-order valence-electron chi connectivity index (χ4n) is 2.26. The monoisotopic (exact) mass is 316 g/mol. The lowest BCUT2D eigenvalue weighted by Crippen LogP contribution is -2.37. The van der Waals surface area contributed by atoms with Crippen LogP contribution in [0.3, 0.4) is 0 Å². The number of nitrogens with one attached hydrogen (secondary N) is 1. The topological polar surface area (TPSA) is 81.5 Å². The molecule has 0 saturated carbocycles. The summed E-state index contributed by atoms with van der Waals surface area (Å²) in [5.41, 5.74) is 0.0124. The molecule has 0 heterocycles. The molecule has 0 spiro atoms. The van der Waals surface area contributed by atoms with Crippen molar-refractivity contribution in [2.75, 3.05) is 6.54 Å². The van der Waals surface area contributed by atoms with E-state index in [1.165, 1.54) is 0 Å². The average Bonchev–Trinajstić information content (AvgIpc) is 2.43. The number of rotatable bonds is 4. The Morgan fingerprint density at radius 1 is 1.22 bits per heavy atom. The van der Waals surface area contributed by atoms with Crippen LogP contribution in [-0.2, 0) is 4.74 Å². The minimum absolute atomic E-state index is 0.405. The number of carbonyl (C=O) groups excluding carboxylic acids is 1. The first-order valence-corrected chi connectivity index (χ1v) is 7.34. The van der Waals surface area contributed by atoms with Gasteiger partial charge in [-0.25, -0.2) is 4.79 Å². The molecule has 1 amide bonds. The van der Waals surface area contributed by atoms with Crippen molar-refractivity contribution in [1.82, 2.24) is 5.32 Å². The largest absolute Gasteiger partial charge is 0.444 e. The number of benzene rings is 2.